The minimum absolute atomic E-state index is 0.359. The molecule has 0 aliphatic heterocycles. The fourth-order valence-corrected chi connectivity index (χ4v) is 2.48. The van der Waals surface area contributed by atoms with Crippen LogP contribution in [0.2, 0.25) is 0 Å². The SMILES string of the molecule is CC(C)C(C)CNC(=O)NC1(C(=O)O)CCCCCC1. The summed E-state index contributed by atoms with van der Waals surface area (Å²) >= 11 is 0. The molecule has 5 nitrogen and oxygen atoms in total. The fraction of sp³-hybridized carbons (Fsp3) is 0.867. The molecule has 3 N–H and O–H groups in total. The normalized spacial score (nSPS) is 20.0. The second-order valence-corrected chi connectivity index (χ2v) is 6.36. The summed E-state index contributed by atoms with van der Waals surface area (Å²) in [6, 6.07) is -0.359. The van der Waals surface area contributed by atoms with Gasteiger partial charge in [-0.1, -0.05) is 46.5 Å². The van der Waals surface area contributed by atoms with Gasteiger partial charge in [-0.25, -0.2) is 9.59 Å². The number of carbonyl (C=O) groups excluding carboxylic acids is 1. The van der Waals surface area contributed by atoms with Crippen LogP contribution in [0.5, 0.6) is 0 Å². The predicted molar refractivity (Wildman–Crippen MR) is 78.6 cm³/mol. The Morgan fingerprint density at radius 3 is 2.10 bits per heavy atom. The van der Waals surface area contributed by atoms with Crippen LogP contribution in [0.3, 0.4) is 0 Å². The van der Waals surface area contributed by atoms with Crippen LogP contribution in [0, 0.1) is 11.8 Å². The van der Waals surface area contributed by atoms with Crippen LogP contribution < -0.4 is 10.6 Å². The van der Waals surface area contributed by atoms with Gasteiger partial charge in [-0.2, -0.15) is 0 Å². The van der Waals surface area contributed by atoms with Crippen molar-refractivity contribution < 1.29 is 14.7 Å². The van der Waals surface area contributed by atoms with Crippen molar-refractivity contribution in [1.82, 2.24) is 10.6 Å². The zero-order chi connectivity index (χ0) is 15.2. The molecule has 1 fully saturated rings. The van der Waals surface area contributed by atoms with E-state index in [1.807, 2.05) is 0 Å². The van der Waals surface area contributed by atoms with E-state index in [-0.39, 0.29) is 6.03 Å². The molecule has 1 unspecified atom stereocenters. The zero-order valence-electron chi connectivity index (χ0n) is 12.9. The molecule has 0 aromatic rings. The van der Waals surface area contributed by atoms with Gasteiger partial charge in [0.2, 0.25) is 0 Å². The molecule has 0 spiro atoms. The van der Waals surface area contributed by atoms with Gasteiger partial charge in [0.05, 0.1) is 0 Å². The third kappa shape index (κ3) is 4.69. The number of aliphatic carboxylic acids is 1. The molecule has 0 aromatic heterocycles. The summed E-state index contributed by atoms with van der Waals surface area (Å²) in [6.07, 6.45) is 4.85. The van der Waals surface area contributed by atoms with Crippen molar-refractivity contribution in [2.45, 2.75) is 64.8 Å². The van der Waals surface area contributed by atoms with Gasteiger partial charge in [0.15, 0.2) is 0 Å². The molecule has 0 aromatic carbocycles. The maximum Gasteiger partial charge on any atom is 0.329 e. The van der Waals surface area contributed by atoms with E-state index < -0.39 is 11.5 Å². The van der Waals surface area contributed by atoms with Gasteiger partial charge in [-0.05, 0) is 24.7 Å². The van der Waals surface area contributed by atoms with Crippen molar-refractivity contribution >= 4 is 12.0 Å². The standard InChI is InChI=1S/C15H28N2O3/c1-11(2)12(3)10-16-14(20)17-15(13(18)19)8-6-4-5-7-9-15/h11-12H,4-10H2,1-3H3,(H,18,19)(H2,16,17,20). The monoisotopic (exact) mass is 284 g/mol. The Labute approximate surface area is 121 Å². The lowest BCUT2D eigenvalue weighted by Crippen LogP contribution is -2.57. The van der Waals surface area contributed by atoms with Crippen LogP contribution in [0.4, 0.5) is 4.79 Å². The molecule has 1 atom stereocenters. The number of carboxylic acids is 1. The Morgan fingerprint density at radius 1 is 1.10 bits per heavy atom. The van der Waals surface area contributed by atoms with E-state index in [0.29, 0.717) is 31.2 Å². The molecule has 0 saturated heterocycles. The largest absolute Gasteiger partial charge is 0.480 e. The molecule has 0 bridgehead atoms. The van der Waals surface area contributed by atoms with Crippen molar-refractivity contribution in [2.75, 3.05) is 6.54 Å². The van der Waals surface area contributed by atoms with Crippen LogP contribution in [-0.4, -0.2) is 29.2 Å². The molecule has 20 heavy (non-hydrogen) atoms. The number of carbonyl (C=O) groups is 2. The van der Waals surface area contributed by atoms with Gasteiger partial charge >= 0.3 is 12.0 Å². The van der Waals surface area contributed by atoms with E-state index in [9.17, 15) is 14.7 Å². The van der Waals surface area contributed by atoms with Crippen LogP contribution in [0.1, 0.15) is 59.3 Å². The number of hydrogen-bond acceptors (Lipinski definition) is 2. The molecular weight excluding hydrogens is 256 g/mol. The van der Waals surface area contributed by atoms with Gasteiger partial charge in [0.25, 0.3) is 0 Å². The molecule has 1 rings (SSSR count). The highest BCUT2D eigenvalue weighted by Gasteiger charge is 2.40. The molecule has 5 heteroatoms. The zero-order valence-corrected chi connectivity index (χ0v) is 12.9. The highest BCUT2D eigenvalue weighted by Crippen LogP contribution is 2.27. The van der Waals surface area contributed by atoms with Crippen LogP contribution in [0.25, 0.3) is 0 Å². The molecule has 116 valence electrons. The molecule has 0 heterocycles. The first-order valence-electron chi connectivity index (χ1n) is 7.67. The topological polar surface area (TPSA) is 78.4 Å². The van der Waals surface area contributed by atoms with Crippen molar-refractivity contribution in [3.05, 3.63) is 0 Å². The number of urea groups is 1. The van der Waals surface area contributed by atoms with Crippen LogP contribution >= 0.6 is 0 Å². The van der Waals surface area contributed by atoms with Crippen LogP contribution in [0.15, 0.2) is 0 Å². The number of carboxylic acid groups (broad SMARTS) is 1. The summed E-state index contributed by atoms with van der Waals surface area (Å²) in [5, 5.41) is 15.0. The number of nitrogens with one attached hydrogen (secondary N) is 2. The lowest BCUT2D eigenvalue weighted by molar-refractivity contribution is -0.145. The van der Waals surface area contributed by atoms with Crippen molar-refractivity contribution in [3.63, 3.8) is 0 Å². The lowest BCUT2D eigenvalue weighted by Gasteiger charge is -2.29. The predicted octanol–water partition coefficient (Wildman–Crippen LogP) is 2.76. The first-order valence-corrected chi connectivity index (χ1v) is 7.67. The molecular formula is C15H28N2O3. The molecule has 0 radical (unpaired) electrons. The maximum absolute atomic E-state index is 12.0. The minimum Gasteiger partial charge on any atom is -0.480 e. The average Bonchev–Trinajstić information content (AvgIpc) is 2.62. The van der Waals surface area contributed by atoms with Crippen LogP contribution in [-0.2, 0) is 4.79 Å². The Balaban J connectivity index is 2.57. The molecule has 2 amide bonds. The van der Waals surface area contributed by atoms with E-state index in [1.165, 1.54) is 0 Å². The summed E-state index contributed by atoms with van der Waals surface area (Å²) in [5.41, 5.74) is -1.08. The molecule has 1 aliphatic rings. The Morgan fingerprint density at radius 2 is 1.65 bits per heavy atom. The number of hydrogen-bond donors (Lipinski definition) is 3. The Kier molecular flexibility index (Phi) is 6.30. The highest BCUT2D eigenvalue weighted by atomic mass is 16.4. The summed E-state index contributed by atoms with van der Waals surface area (Å²) in [5.74, 6) is -0.0521. The maximum atomic E-state index is 12.0. The Hall–Kier alpha value is -1.26. The van der Waals surface area contributed by atoms with Gasteiger partial charge in [-0.15, -0.1) is 0 Å². The molecule has 1 aliphatic carbocycles. The lowest BCUT2D eigenvalue weighted by atomic mass is 9.90. The second-order valence-electron chi connectivity index (χ2n) is 6.36. The van der Waals surface area contributed by atoms with E-state index >= 15 is 0 Å². The van der Waals surface area contributed by atoms with Gasteiger partial charge in [0, 0.05) is 6.54 Å². The molecule has 1 saturated carbocycles. The van der Waals surface area contributed by atoms with Gasteiger partial charge in [0.1, 0.15) is 5.54 Å². The third-order valence-electron chi connectivity index (χ3n) is 4.44. The minimum atomic E-state index is -1.08. The first kappa shape index (κ1) is 16.8. The van der Waals surface area contributed by atoms with E-state index in [4.69, 9.17) is 0 Å². The summed E-state index contributed by atoms with van der Waals surface area (Å²) < 4.78 is 0. The summed E-state index contributed by atoms with van der Waals surface area (Å²) in [4.78, 5) is 23.5. The van der Waals surface area contributed by atoms with Gasteiger partial charge < -0.3 is 15.7 Å². The smallest absolute Gasteiger partial charge is 0.329 e. The van der Waals surface area contributed by atoms with E-state index in [1.54, 1.807) is 0 Å². The van der Waals surface area contributed by atoms with E-state index in [0.717, 1.165) is 25.7 Å². The van der Waals surface area contributed by atoms with Crippen molar-refractivity contribution in [2.24, 2.45) is 11.8 Å². The summed E-state index contributed by atoms with van der Waals surface area (Å²) in [6.45, 7) is 6.85. The summed E-state index contributed by atoms with van der Waals surface area (Å²) in [7, 11) is 0. The second kappa shape index (κ2) is 7.50. The third-order valence-corrected chi connectivity index (χ3v) is 4.44. The highest BCUT2D eigenvalue weighted by molar-refractivity contribution is 5.86. The fourth-order valence-electron chi connectivity index (χ4n) is 2.48. The first-order chi connectivity index (χ1) is 9.37. The van der Waals surface area contributed by atoms with Crippen molar-refractivity contribution in [3.8, 4) is 0 Å². The van der Waals surface area contributed by atoms with E-state index in [2.05, 4.69) is 31.4 Å². The Bertz CT molecular complexity index is 334. The number of amides is 2. The van der Waals surface area contributed by atoms with Crippen molar-refractivity contribution in [1.29, 1.82) is 0 Å². The van der Waals surface area contributed by atoms with Gasteiger partial charge in [-0.3, -0.25) is 0 Å². The quantitative estimate of drug-likeness (QED) is 0.679. The number of rotatable bonds is 5. The average molecular weight is 284 g/mol.